The Balaban J connectivity index is 2.55. The van der Waals surface area contributed by atoms with Gasteiger partial charge in [-0.2, -0.15) is 0 Å². The Morgan fingerprint density at radius 2 is 2.07 bits per heavy atom. The maximum atomic E-state index is 5.75. The van der Waals surface area contributed by atoms with Gasteiger partial charge in [-0.1, -0.05) is 6.07 Å². The van der Waals surface area contributed by atoms with E-state index in [0.717, 1.165) is 22.0 Å². The van der Waals surface area contributed by atoms with E-state index in [1.165, 1.54) is 5.56 Å². The fourth-order valence-electron chi connectivity index (χ4n) is 1.40. The molecule has 0 aliphatic rings. The molecule has 0 spiro atoms. The zero-order valence-corrected chi connectivity index (χ0v) is 9.06. The summed E-state index contributed by atoms with van der Waals surface area (Å²) in [5.74, 6) is 0. The van der Waals surface area contributed by atoms with Gasteiger partial charge in [0.2, 0.25) is 0 Å². The number of nitrogens with zero attached hydrogens (tertiary/aromatic N) is 1. The van der Waals surface area contributed by atoms with Crippen molar-refractivity contribution in [2.24, 2.45) is 0 Å². The molecule has 0 fully saturated rings. The van der Waals surface area contributed by atoms with Gasteiger partial charge in [0.15, 0.2) is 0 Å². The summed E-state index contributed by atoms with van der Waals surface area (Å²) in [6.45, 7) is 4.08. The molecule has 3 heteroatoms. The van der Waals surface area contributed by atoms with Crippen molar-refractivity contribution < 1.29 is 0 Å². The van der Waals surface area contributed by atoms with E-state index in [4.69, 9.17) is 5.73 Å². The van der Waals surface area contributed by atoms with Crippen LogP contribution in [0.2, 0.25) is 0 Å². The normalized spacial score (nSPS) is 10.4. The van der Waals surface area contributed by atoms with Crippen LogP contribution in [0.25, 0.3) is 11.3 Å². The maximum Gasteiger partial charge on any atom is 0.0901 e. The zero-order chi connectivity index (χ0) is 10.1. The molecule has 0 saturated carbocycles. The third-order valence-corrected chi connectivity index (χ3v) is 2.93. The van der Waals surface area contributed by atoms with Gasteiger partial charge in [-0.15, -0.1) is 11.3 Å². The molecular weight excluding hydrogens is 192 g/mol. The number of aromatic nitrogens is 1. The maximum absolute atomic E-state index is 5.75. The molecule has 14 heavy (non-hydrogen) atoms. The average molecular weight is 204 g/mol. The van der Waals surface area contributed by atoms with Crippen LogP contribution in [0, 0.1) is 13.8 Å². The number of aryl methyl sites for hydroxylation is 2. The molecule has 0 bridgehead atoms. The summed E-state index contributed by atoms with van der Waals surface area (Å²) < 4.78 is 0. The molecule has 1 aromatic carbocycles. The molecule has 0 saturated heterocycles. The summed E-state index contributed by atoms with van der Waals surface area (Å²) in [7, 11) is 0. The topological polar surface area (TPSA) is 38.9 Å². The molecule has 1 aromatic heterocycles. The van der Waals surface area contributed by atoms with Gasteiger partial charge in [-0.05, 0) is 31.5 Å². The van der Waals surface area contributed by atoms with Crippen LogP contribution in [-0.2, 0) is 0 Å². The number of benzene rings is 1. The van der Waals surface area contributed by atoms with E-state index in [9.17, 15) is 0 Å². The summed E-state index contributed by atoms with van der Waals surface area (Å²) in [4.78, 5) is 4.45. The Morgan fingerprint density at radius 3 is 2.71 bits per heavy atom. The minimum Gasteiger partial charge on any atom is -0.399 e. The lowest BCUT2D eigenvalue weighted by atomic mass is 10.1. The van der Waals surface area contributed by atoms with Crippen LogP contribution >= 0.6 is 11.3 Å². The van der Waals surface area contributed by atoms with Crippen LogP contribution in [0.5, 0.6) is 0 Å². The first-order valence-electron chi connectivity index (χ1n) is 4.45. The third kappa shape index (κ3) is 1.63. The van der Waals surface area contributed by atoms with Crippen molar-refractivity contribution in [3.8, 4) is 11.3 Å². The fourth-order valence-corrected chi connectivity index (χ4v) is 2.02. The Hall–Kier alpha value is -1.35. The van der Waals surface area contributed by atoms with E-state index in [0.29, 0.717) is 0 Å². The first-order valence-corrected chi connectivity index (χ1v) is 5.33. The third-order valence-electron chi connectivity index (χ3n) is 2.16. The monoisotopic (exact) mass is 204 g/mol. The van der Waals surface area contributed by atoms with E-state index < -0.39 is 0 Å². The van der Waals surface area contributed by atoms with Gasteiger partial charge < -0.3 is 5.73 Å². The van der Waals surface area contributed by atoms with Crippen molar-refractivity contribution in [1.29, 1.82) is 0 Å². The second-order valence-electron chi connectivity index (χ2n) is 3.33. The smallest absolute Gasteiger partial charge is 0.0901 e. The molecule has 0 amide bonds. The highest BCUT2D eigenvalue weighted by Crippen LogP contribution is 2.26. The van der Waals surface area contributed by atoms with Crippen molar-refractivity contribution in [3.63, 3.8) is 0 Å². The molecule has 1 heterocycles. The first-order chi connectivity index (χ1) is 6.66. The number of thiazole rings is 1. The van der Waals surface area contributed by atoms with Gasteiger partial charge in [0.25, 0.3) is 0 Å². The van der Waals surface area contributed by atoms with Gasteiger partial charge in [0, 0.05) is 16.6 Å². The van der Waals surface area contributed by atoms with Crippen molar-refractivity contribution in [1.82, 2.24) is 4.98 Å². The molecule has 2 N–H and O–H groups in total. The first kappa shape index (κ1) is 9.21. The van der Waals surface area contributed by atoms with Gasteiger partial charge >= 0.3 is 0 Å². The largest absolute Gasteiger partial charge is 0.399 e. The van der Waals surface area contributed by atoms with Gasteiger partial charge in [0.1, 0.15) is 0 Å². The quantitative estimate of drug-likeness (QED) is 0.725. The van der Waals surface area contributed by atoms with Crippen molar-refractivity contribution in [2.45, 2.75) is 13.8 Å². The number of hydrogen-bond donors (Lipinski definition) is 1. The minimum absolute atomic E-state index is 0.788. The van der Waals surface area contributed by atoms with Crippen LogP contribution < -0.4 is 5.73 Å². The standard InChI is InChI=1S/C11H12N2S/c1-7-3-4-9(12)5-10(7)11-6-14-8(2)13-11/h3-6H,12H2,1-2H3. The van der Waals surface area contributed by atoms with Gasteiger partial charge in [-0.25, -0.2) is 4.98 Å². The highest BCUT2D eigenvalue weighted by atomic mass is 32.1. The average Bonchev–Trinajstić information content (AvgIpc) is 2.56. The van der Waals surface area contributed by atoms with E-state index in [1.54, 1.807) is 11.3 Å². The predicted octanol–water partition coefficient (Wildman–Crippen LogP) is 3.01. The van der Waals surface area contributed by atoms with Crippen LogP contribution in [0.15, 0.2) is 23.6 Å². The Labute approximate surface area is 87.4 Å². The fraction of sp³-hybridized carbons (Fsp3) is 0.182. The molecule has 2 rings (SSSR count). The van der Waals surface area contributed by atoms with Gasteiger partial charge in [0.05, 0.1) is 10.7 Å². The lowest BCUT2D eigenvalue weighted by Crippen LogP contribution is -1.88. The zero-order valence-electron chi connectivity index (χ0n) is 8.24. The van der Waals surface area contributed by atoms with E-state index in [2.05, 4.69) is 17.3 Å². The SMILES string of the molecule is Cc1nc(-c2cc(N)ccc2C)cs1. The second-order valence-corrected chi connectivity index (χ2v) is 4.39. The highest BCUT2D eigenvalue weighted by molar-refractivity contribution is 7.09. The lowest BCUT2D eigenvalue weighted by Gasteiger charge is -2.03. The Bertz CT molecular complexity index is 460. The van der Waals surface area contributed by atoms with Crippen LogP contribution in [0.3, 0.4) is 0 Å². The van der Waals surface area contributed by atoms with Crippen molar-refractivity contribution >= 4 is 17.0 Å². The summed E-state index contributed by atoms with van der Waals surface area (Å²) in [5, 5.41) is 3.15. The number of rotatable bonds is 1. The minimum atomic E-state index is 0.788. The van der Waals surface area contributed by atoms with Crippen LogP contribution in [-0.4, -0.2) is 4.98 Å². The van der Waals surface area contributed by atoms with E-state index in [1.807, 2.05) is 25.1 Å². The van der Waals surface area contributed by atoms with Crippen LogP contribution in [0.1, 0.15) is 10.6 Å². The van der Waals surface area contributed by atoms with E-state index >= 15 is 0 Å². The predicted molar refractivity (Wildman–Crippen MR) is 61.4 cm³/mol. The second kappa shape index (κ2) is 3.42. The molecule has 72 valence electrons. The number of nitrogens with two attached hydrogens (primary N) is 1. The molecular formula is C11H12N2S. The van der Waals surface area contributed by atoms with E-state index in [-0.39, 0.29) is 0 Å². The highest BCUT2D eigenvalue weighted by Gasteiger charge is 2.05. The molecule has 0 atom stereocenters. The summed E-state index contributed by atoms with van der Waals surface area (Å²) in [5.41, 5.74) is 9.91. The summed E-state index contributed by atoms with van der Waals surface area (Å²) in [6, 6.07) is 5.92. The Kier molecular flexibility index (Phi) is 2.25. The summed E-state index contributed by atoms with van der Waals surface area (Å²) in [6.07, 6.45) is 0. The molecule has 2 nitrogen and oxygen atoms in total. The van der Waals surface area contributed by atoms with Crippen molar-refractivity contribution in [3.05, 3.63) is 34.2 Å². The molecule has 0 aliphatic heterocycles. The number of nitrogen functional groups attached to an aromatic ring is 1. The van der Waals surface area contributed by atoms with Crippen LogP contribution in [0.4, 0.5) is 5.69 Å². The molecule has 2 aromatic rings. The number of anilines is 1. The molecule has 0 aliphatic carbocycles. The molecule has 0 radical (unpaired) electrons. The lowest BCUT2D eigenvalue weighted by molar-refractivity contribution is 1.29. The summed E-state index contributed by atoms with van der Waals surface area (Å²) >= 11 is 1.66. The van der Waals surface area contributed by atoms with Gasteiger partial charge in [-0.3, -0.25) is 0 Å². The van der Waals surface area contributed by atoms with Crippen molar-refractivity contribution in [2.75, 3.05) is 5.73 Å². The Morgan fingerprint density at radius 1 is 1.29 bits per heavy atom. The molecule has 0 unspecified atom stereocenters. The number of hydrogen-bond acceptors (Lipinski definition) is 3.